The van der Waals surface area contributed by atoms with Gasteiger partial charge in [0.2, 0.25) is 5.75 Å². The van der Waals surface area contributed by atoms with Gasteiger partial charge in [-0.05, 0) is 22.6 Å². The van der Waals surface area contributed by atoms with Crippen molar-refractivity contribution < 1.29 is 31.2 Å². The summed E-state index contributed by atoms with van der Waals surface area (Å²) in [5.74, 6) is -1.23. The predicted octanol–water partition coefficient (Wildman–Crippen LogP) is 1.14. The first kappa shape index (κ1) is 15.8. The second-order valence-electron chi connectivity index (χ2n) is 2.94. The summed E-state index contributed by atoms with van der Waals surface area (Å²) in [5.41, 5.74) is -1.18. The molecular weight excluding hydrogens is 410 g/mol. The molecule has 1 aromatic rings. The van der Waals surface area contributed by atoms with Crippen molar-refractivity contribution in [1.29, 1.82) is 0 Å². The van der Waals surface area contributed by atoms with Crippen LogP contribution in [0, 0.1) is 13.7 Å². The summed E-state index contributed by atoms with van der Waals surface area (Å²) in [4.78, 5) is 12.6. The van der Waals surface area contributed by atoms with Crippen molar-refractivity contribution in [3.8, 4) is 5.75 Å². The highest BCUT2D eigenvalue weighted by Gasteiger charge is 2.37. The van der Waals surface area contributed by atoms with Crippen LogP contribution >= 0.6 is 22.6 Å². The van der Waals surface area contributed by atoms with Crippen molar-refractivity contribution in [3.63, 3.8) is 0 Å². The summed E-state index contributed by atoms with van der Waals surface area (Å²) in [6.07, 6.45) is -4.91. The Kier molecular flexibility index (Phi) is 4.20. The molecule has 0 fully saturated rings. The van der Waals surface area contributed by atoms with E-state index < -0.39 is 41.3 Å². The number of halogens is 4. The highest BCUT2D eigenvalue weighted by Crippen LogP contribution is 2.37. The molecule has 0 aliphatic heterocycles. The number of rotatable bonds is 3. The molecule has 0 aliphatic rings. The normalized spacial score (nSPS) is 12.3. The minimum atomic E-state index is -5.18. The van der Waals surface area contributed by atoms with Gasteiger partial charge < -0.3 is 4.74 Å². The molecule has 0 aliphatic carbocycles. The molecule has 19 heavy (non-hydrogen) atoms. The smallest absolute Gasteiger partial charge is 0.397 e. The molecule has 1 rings (SSSR count). The minimum absolute atomic E-state index is 0.271. The number of nitrogens with zero attached hydrogens (tertiary/aromatic N) is 2. The SMILES string of the molecule is NS(=O)(=O)c1ncc(OC(F)(F)F)c([N+](=O)[O-])c1I. The Hall–Kier alpha value is -1.22. The third-order valence-corrected chi connectivity index (χ3v) is 3.84. The van der Waals surface area contributed by atoms with Crippen molar-refractivity contribution in [3.05, 3.63) is 19.9 Å². The number of aromatic nitrogens is 1. The second kappa shape index (κ2) is 5.04. The molecule has 1 heterocycles. The van der Waals surface area contributed by atoms with E-state index in [9.17, 15) is 31.7 Å². The van der Waals surface area contributed by atoms with Crippen LogP contribution in [0.4, 0.5) is 18.9 Å². The number of primary sulfonamides is 1. The molecule has 0 radical (unpaired) electrons. The summed E-state index contributed by atoms with van der Waals surface area (Å²) in [6.45, 7) is 0. The van der Waals surface area contributed by atoms with Crippen LogP contribution in [0.5, 0.6) is 5.75 Å². The second-order valence-corrected chi connectivity index (χ2v) is 5.50. The zero-order valence-electron chi connectivity index (χ0n) is 8.51. The lowest BCUT2D eigenvalue weighted by Gasteiger charge is -2.10. The fourth-order valence-corrected chi connectivity index (χ4v) is 3.08. The standard InChI is InChI=1S/C6H3F3IN3O5S/c7-6(8,9)18-2-1-12-5(19(11,16)17)3(10)4(2)13(14)15/h1H,(H2,11,16,17). The minimum Gasteiger partial charge on any atom is -0.397 e. The third-order valence-electron chi connectivity index (χ3n) is 1.61. The van der Waals surface area contributed by atoms with Crippen molar-refractivity contribution >= 4 is 38.3 Å². The fourth-order valence-electron chi connectivity index (χ4n) is 1.01. The molecule has 0 amide bonds. The van der Waals surface area contributed by atoms with Crippen LogP contribution in [0.1, 0.15) is 0 Å². The first-order chi connectivity index (χ1) is 8.43. The maximum Gasteiger partial charge on any atom is 0.573 e. The summed E-state index contributed by atoms with van der Waals surface area (Å²) in [7, 11) is -4.41. The van der Waals surface area contributed by atoms with Gasteiger partial charge in [0.05, 0.1) is 11.1 Å². The Morgan fingerprint density at radius 2 is 2.00 bits per heavy atom. The Labute approximate surface area is 117 Å². The average molecular weight is 413 g/mol. The number of hydrogen-bond acceptors (Lipinski definition) is 6. The van der Waals surface area contributed by atoms with Gasteiger partial charge in [0.1, 0.15) is 3.57 Å². The Bertz CT molecular complexity index is 632. The molecule has 2 N–H and O–H groups in total. The maximum atomic E-state index is 12.0. The van der Waals surface area contributed by atoms with E-state index >= 15 is 0 Å². The number of alkyl halides is 3. The van der Waals surface area contributed by atoms with Gasteiger partial charge in [-0.25, -0.2) is 18.5 Å². The van der Waals surface area contributed by atoms with Gasteiger partial charge in [0, 0.05) is 0 Å². The number of sulfonamides is 1. The fraction of sp³-hybridized carbons (Fsp3) is 0.167. The van der Waals surface area contributed by atoms with E-state index in [1.165, 1.54) is 0 Å². The molecule has 1 aromatic heterocycles. The Morgan fingerprint density at radius 3 is 2.37 bits per heavy atom. The van der Waals surface area contributed by atoms with Crippen LogP contribution in [0.3, 0.4) is 0 Å². The molecule has 13 heteroatoms. The lowest BCUT2D eigenvalue weighted by atomic mass is 10.4. The molecule has 0 atom stereocenters. The van der Waals surface area contributed by atoms with Crippen molar-refractivity contribution in [2.45, 2.75) is 11.4 Å². The first-order valence-corrected chi connectivity index (χ1v) is 6.67. The van der Waals surface area contributed by atoms with Crippen molar-refractivity contribution in [2.75, 3.05) is 0 Å². The van der Waals surface area contributed by atoms with Crippen LogP contribution in [-0.4, -0.2) is 24.7 Å². The van der Waals surface area contributed by atoms with Gasteiger partial charge >= 0.3 is 12.0 Å². The average Bonchev–Trinajstić information content (AvgIpc) is 2.11. The molecule has 0 aromatic carbocycles. The van der Waals surface area contributed by atoms with Gasteiger partial charge in [-0.3, -0.25) is 10.1 Å². The highest BCUT2D eigenvalue weighted by molar-refractivity contribution is 14.1. The van der Waals surface area contributed by atoms with E-state index in [0.29, 0.717) is 0 Å². The van der Waals surface area contributed by atoms with Gasteiger partial charge in [0.25, 0.3) is 10.0 Å². The first-order valence-electron chi connectivity index (χ1n) is 4.05. The van der Waals surface area contributed by atoms with E-state index in [1.54, 1.807) is 0 Å². The van der Waals surface area contributed by atoms with E-state index in [0.717, 1.165) is 22.6 Å². The summed E-state index contributed by atoms with van der Waals surface area (Å²) in [5, 5.41) is 14.5. The van der Waals surface area contributed by atoms with Gasteiger partial charge in [0.15, 0.2) is 5.03 Å². The number of pyridine rings is 1. The maximum absolute atomic E-state index is 12.0. The summed E-state index contributed by atoms with van der Waals surface area (Å²) < 4.78 is 60.9. The van der Waals surface area contributed by atoms with Crippen molar-refractivity contribution in [2.24, 2.45) is 5.14 Å². The zero-order chi connectivity index (χ0) is 15.0. The van der Waals surface area contributed by atoms with Crippen LogP contribution in [0.25, 0.3) is 0 Å². The number of hydrogen-bond donors (Lipinski definition) is 1. The monoisotopic (exact) mass is 413 g/mol. The van der Waals surface area contributed by atoms with Crippen LogP contribution in [-0.2, 0) is 10.0 Å². The van der Waals surface area contributed by atoms with Crippen LogP contribution in [0.2, 0.25) is 0 Å². The van der Waals surface area contributed by atoms with E-state index in [-0.39, 0.29) is 6.20 Å². The molecule has 8 nitrogen and oxygen atoms in total. The van der Waals surface area contributed by atoms with Crippen LogP contribution < -0.4 is 9.88 Å². The zero-order valence-corrected chi connectivity index (χ0v) is 11.5. The van der Waals surface area contributed by atoms with Crippen LogP contribution in [0.15, 0.2) is 11.2 Å². The lowest BCUT2D eigenvalue weighted by molar-refractivity contribution is -0.390. The molecule has 106 valence electrons. The number of nitrogens with two attached hydrogens (primary N) is 1. The number of ether oxygens (including phenoxy) is 1. The molecule has 0 unspecified atom stereocenters. The molecule has 0 saturated heterocycles. The predicted molar refractivity (Wildman–Crippen MR) is 61.7 cm³/mol. The quantitative estimate of drug-likeness (QED) is 0.450. The highest BCUT2D eigenvalue weighted by atomic mass is 127. The van der Waals surface area contributed by atoms with E-state index in [1.807, 2.05) is 0 Å². The van der Waals surface area contributed by atoms with Gasteiger partial charge in [-0.1, -0.05) is 0 Å². The largest absolute Gasteiger partial charge is 0.573 e. The number of nitro groups is 1. The van der Waals surface area contributed by atoms with E-state index in [2.05, 4.69) is 9.72 Å². The molecule has 0 spiro atoms. The molecular formula is C6H3F3IN3O5S. The summed E-state index contributed by atoms with van der Waals surface area (Å²) >= 11 is 1.15. The third kappa shape index (κ3) is 3.87. The molecule has 0 bridgehead atoms. The van der Waals surface area contributed by atoms with E-state index in [4.69, 9.17) is 5.14 Å². The van der Waals surface area contributed by atoms with Crippen molar-refractivity contribution in [1.82, 2.24) is 4.98 Å². The Balaban J connectivity index is 3.54. The van der Waals surface area contributed by atoms with Gasteiger partial charge in [-0.2, -0.15) is 0 Å². The van der Waals surface area contributed by atoms with Gasteiger partial charge in [-0.15, -0.1) is 13.2 Å². The topological polar surface area (TPSA) is 125 Å². The lowest BCUT2D eigenvalue weighted by Crippen LogP contribution is -2.20. The Morgan fingerprint density at radius 1 is 1.47 bits per heavy atom. The molecule has 0 saturated carbocycles. The summed E-state index contributed by atoms with van der Waals surface area (Å²) in [6, 6.07) is 0.